The van der Waals surface area contributed by atoms with E-state index in [4.69, 9.17) is 0 Å². The van der Waals surface area contributed by atoms with Crippen LogP contribution in [-0.2, 0) is 19.2 Å². The number of carboxylic acids is 1. The lowest BCUT2D eigenvalue weighted by atomic mass is 9.94. The Morgan fingerprint density at radius 2 is 0.848 bits per heavy atom. The molecule has 0 aromatic heterocycles. The second-order valence-electron chi connectivity index (χ2n) is 9.88. The van der Waals surface area contributed by atoms with Crippen LogP contribution in [0.1, 0.15) is 149 Å². The molecular formula is C28H50O5. The molecule has 1 atom stereocenters. The summed E-state index contributed by atoms with van der Waals surface area (Å²) in [5.74, 6) is -1.39. The highest BCUT2D eigenvalue weighted by atomic mass is 16.4. The summed E-state index contributed by atoms with van der Waals surface area (Å²) in [6, 6.07) is 0. The maximum atomic E-state index is 12.0. The largest absolute Gasteiger partial charge is 0.481 e. The number of carbonyl (C=O) groups is 4. The summed E-state index contributed by atoms with van der Waals surface area (Å²) >= 11 is 0. The summed E-state index contributed by atoms with van der Waals surface area (Å²) in [7, 11) is 0. The molecule has 0 amide bonds. The van der Waals surface area contributed by atoms with E-state index in [0.29, 0.717) is 12.2 Å². The fourth-order valence-corrected chi connectivity index (χ4v) is 4.24. The molecule has 192 valence electrons. The SMILES string of the molecule is CC(=O)CCCCCCCCCCCCCCCCCCC(=O)C[C@@H](CCC(C)=O)C(=O)O. The summed E-state index contributed by atoms with van der Waals surface area (Å²) in [6.07, 6.45) is 21.4. The maximum absolute atomic E-state index is 12.0. The van der Waals surface area contributed by atoms with Gasteiger partial charge >= 0.3 is 5.97 Å². The molecule has 1 N–H and O–H groups in total. The highest BCUT2D eigenvalue weighted by Gasteiger charge is 2.21. The summed E-state index contributed by atoms with van der Waals surface area (Å²) in [6.45, 7) is 3.13. The number of hydrogen-bond acceptors (Lipinski definition) is 4. The first-order valence-electron chi connectivity index (χ1n) is 13.6. The second-order valence-corrected chi connectivity index (χ2v) is 9.88. The van der Waals surface area contributed by atoms with Crippen LogP contribution in [0.5, 0.6) is 0 Å². The number of Topliss-reactive ketones (excluding diaryl/α,β-unsaturated/α-hetero) is 3. The Kier molecular flexibility index (Phi) is 21.3. The molecule has 0 saturated heterocycles. The average Bonchev–Trinajstić information content (AvgIpc) is 2.75. The lowest BCUT2D eigenvalue weighted by molar-refractivity contribution is -0.144. The Balaban J connectivity index is 3.39. The van der Waals surface area contributed by atoms with Crippen molar-refractivity contribution in [2.24, 2.45) is 5.92 Å². The molecule has 0 aromatic carbocycles. The minimum atomic E-state index is -0.970. The molecule has 0 heterocycles. The van der Waals surface area contributed by atoms with Gasteiger partial charge in [-0.15, -0.1) is 0 Å². The standard InChI is InChI=1S/C28H50O5/c1-24(29)19-17-15-13-11-9-7-5-3-4-6-8-10-12-14-16-18-20-27(31)23-26(28(32)33)22-21-25(2)30/h26H,3-23H2,1-2H3,(H,32,33)/t26-/m1/s1. The molecule has 0 aliphatic heterocycles. The van der Waals surface area contributed by atoms with Gasteiger partial charge in [-0.1, -0.05) is 89.9 Å². The summed E-state index contributed by atoms with van der Waals surface area (Å²) in [5.41, 5.74) is 0. The van der Waals surface area contributed by atoms with E-state index in [9.17, 15) is 24.3 Å². The lowest BCUT2D eigenvalue weighted by Crippen LogP contribution is -2.18. The molecule has 0 aliphatic rings. The van der Waals surface area contributed by atoms with Crippen molar-refractivity contribution in [3.8, 4) is 0 Å². The van der Waals surface area contributed by atoms with Gasteiger partial charge in [0.25, 0.3) is 0 Å². The van der Waals surface area contributed by atoms with Gasteiger partial charge in [-0.3, -0.25) is 9.59 Å². The Morgan fingerprint density at radius 3 is 1.18 bits per heavy atom. The van der Waals surface area contributed by atoms with Crippen LogP contribution < -0.4 is 0 Å². The number of aliphatic carboxylic acids is 1. The quantitative estimate of drug-likeness (QED) is 0.140. The van der Waals surface area contributed by atoms with E-state index in [2.05, 4.69) is 0 Å². The van der Waals surface area contributed by atoms with Crippen molar-refractivity contribution >= 4 is 23.3 Å². The van der Waals surface area contributed by atoms with Gasteiger partial charge in [0, 0.05) is 25.7 Å². The first-order valence-corrected chi connectivity index (χ1v) is 13.6. The topological polar surface area (TPSA) is 88.5 Å². The molecule has 0 radical (unpaired) electrons. The Bertz CT molecular complexity index is 540. The molecule has 0 aromatic rings. The van der Waals surface area contributed by atoms with Gasteiger partial charge in [0.1, 0.15) is 17.3 Å². The number of ketones is 3. The van der Waals surface area contributed by atoms with Gasteiger partial charge in [0.05, 0.1) is 5.92 Å². The third-order valence-corrected chi connectivity index (χ3v) is 6.40. The second kappa shape index (κ2) is 22.3. The highest BCUT2D eigenvalue weighted by Crippen LogP contribution is 2.17. The minimum Gasteiger partial charge on any atom is -0.481 e. The smallest absolute Gasteiger partial charge is 0.306 e. The van der Waals surface area contributed by atoms with Crippen molar-refractivity contribution in [3.63, 3.8) is 0 Å². The van der Waals surface area contributed by atoms with E-state index < -0.39 is 11.9 Å². The fraction of sp³-hybridized carbons (Fsp3) is 0.857. The van der Waals surface area contributed by atoms with E-state index in [-0.39, 0.29) is 30.8 Å². The maximum Gasteiger partial charge on any atom is 0.306 e. The molecule has 0 saturated carbocycles. The third-order valence-electron chi connectivity index (χ3n) is 6.40. The molecular weight excluding hydrogens is 416 g/mol. The molecule has 0 fully saturated rings. The number of carbonyl (C=O) groups excluding carboxylic acids is 3. The van der Waals surface area contributed by atoms with Crippen molar-refractivity contribution in [2.75, 3.05) is 0 Å². The van der Waals surface area contributed by atoms with Crippen molar-refractivity contribution < 1.29 is 24.3 Å². The summed E-state index contributed by atoms with van der Waals surface area (Å²) < 4.78 is 0. The summed E-state index contributed by atoms with van der Waals surface area (Å²) in [4.78, 5) is 45.2. The van der Waals surface area contributed by atoms with Crippen LogP contribution in [-0.4, -0.2) is 28.4 Å². The zero-order valence-electron chi connectivity index (χ0n) is 21.5. The number of rotatable bonds is 25. The van der Waals surface area contributed by atoms with Gasteiger partial charge in [0.2, 0.25) is 0 Å². The first kappa shape index (κ1) is 31.5. The molecule has 0 bridgehead atoms. The van der Waals surface area contributed by atoms with Crippen molar-refractivity contribution in [2.45, 2.75) is 149 Å². The van der Waals surface area contributed by atoms with E-state index in [1.165, 1.54) is 84.0 Å². The van der Waals surface area contributed by atoms with Crippen LogP contribution in [0.2, 0.25) is 0 Å². The molecule has 0 unspecified atom stereocenters. The Hall–Kier alpha value is -1.52. The van der Waals surface area contributed by atoms with Crippen molar-refractivity contribution in [1.82, 2.24) is 0 Å². The van der Waals surface area contributed by atoms with Crippen molar-refractivity contribution in [3.05, 3.63) is 0 Å². The van der Waals surface area contributed by atoms with E-state index in [1.807, 2.05) is 0 Å². The van der Waals surface area contributed by atoms with Crippen LogP contribution in [0.25, 0.3) is 0 Å². The van der Waals surface area contributed by atoms with E-state index in [0.717, 1.165) is 32.1 Å². The fourth-order valence-electron chi connectivity index (χ4n) is 4.24. The molecule has 0 aliphatic carbocycles. The normalized spacial score (nSPS) is 11.9. The predicted octanol–water partition coefficient (Wildman–Crippen LogP) is 7.63. The van der Waals surface area contributed by atoms with Gasteiger partial charge in [-0.2, -0.15) is 0 Å². The first-order chi connectivity index (χ1) is 15.8. The lowest BCUT2D eigenvalue weighted by Gasteiger charge is -2.10. The van der Waals surface area contributed by atoms with Crippen LogP contribution in [0, 0.1) is 5.92 Å². The van der Waals surface area contributed by atoms with Crippen LogP contribution in [0.15, 0.2) is 0 Å². The average molecular weight is 467 g/mol. The molecule has 5 heteroatoms. The molecule has 0 rings (SSSR count). The third kappa shape index (κ3) is 23.4. The van der Waals surface area contributed by atoms with Gasteiger partial charge in [0.15, 0.2) is 0 Å². The van der Waals surface area contributed by atoms with Crippen LogP contribution >= 0.6 is 0 Å². The monoisotopic (exact) mass is 466 g/mol. The zero-order valence-corrected chi connectivity index (χ0v) is 21.5. The number of carboxylic acid groups (broad SMARTS) is 1. The number of hydrogen-bond donors (Lipinski definition) is 1. The zero-order chi connectivity index (χ0) is 24.7. The Labute approximate surface area is 202 Å². The van der Waals surface area contributed by atoms with Crippen LogP contribution in [0.4, 0.5) is 0 Å². The van der Waals surface area contributed by atoms with E-state index in [1.54, 1.807) is 6.92 Å². The van der Waals surface area contributed by atoms with Crippen LogP contribution in [0.3, 0.4) is 0 Å². The molecule has 0 spiro atoms. The highest BCUT2D eigenvalue weighted by molar-refractivity contribution is 5.84. The number of unbranched alkanes of at least 4 members (excludes halogenated alkanes) is 15. The molecule has 5 nitrogen and oxygen atoms in total. The summed E-state index contributed by atoms with van der Waals surface area (Å²) in [5, 5.41) is 9.20. The minimum absolute atomic E-state index is 0.0129. The van der Waals surface area contributed by atoms with Gasteiger partial charge in [-0.25, -0.2) is 0 Å². The predicted molar refractivity (Wildman–Crippen MR) is 134 cm³/mol. The van der Waals surface area contributed by atoms with Gasteiger partial charge < -0.3 is 14.7 Å². The van der Waals surface area contributed by atoms with Gasteiger partial charge in [-0.05, 0) is 33.1 Å². The van der Waals surface area contributed by atoms with E-state index >= 15 is 0 Å². The molecule has 33 heavy (non-hydrogen) atoms. The van der Waals surface area contributed by atoms with Crippen molar-refractivity contribution in [1.29, 1.82) is 0 Å². The Morgan fingerprint density at radius 1 is 0.515 bits per heavy atom.